The van der Waals surface area contributed by atoms with Gasteiger partial charge in [-0.25, -0.2) is 0 Å². The number of aliphatic hydroxyl groups excluding tert-OH is 1. The van der Waals surface area contributed by atoms with Crippen LogP contribution in [0.2, 0.25) is 0 Å². The van der Waals surface area contributed by atoms with Gasteiger partial charge in [0.15, 0.2) is 6.29 Å². The molecule has 2 heterocycles. The van der Waals surface area contributed by atoms with Gasteiger partial charge in [0.25, 0.3) is 0 Å². The molecule has 0 radical (unpaired) electrons. The van der Waals surface area contributed by atoms with Crippen LogP contribution in [0.25, 0.3) is 10.4 Å². The summed E-state index contributed by atoms with van der Waals surface area (Å²) in [6.07, 6.45) is -2.66. The first-order chi connectivity index (χ1) is 13.7. The van der Waals surface area contributed by atoms with Crippen LogP contribution >= 0.6 is 11.8 Å². The van der Waals surface area contributed by atoms with Crippen molar-refractivity contribution in [2.45, 2.75) is 47.9 Å². The van der Waals surface area contributed by atoms with Crippen molar-refractivity contribution in [1.29, 1.82) is 0 Å². The molecule has 0 aliphatic carbocycles. The molecule has 6 atom stereocenters. The van der Waals surface area contributed by atoms with Crippen molar-refractivity contribution in [2.75, 3.05) is 6.61 Å². The lowest BCUT2D eigenvalue weighted by molar-refractivity contribution is -0.305. The second kappa shape index (κ2) is 8.53. The first kappa shape index (κ1) is 19.3. The Morgan fingerprint density at radius 1 is 1.11 bits per heavy atom. The smallest absolute Gasteiger partial charge is 0.184 e. The molecular formula is C20H21N3O4S. The van der Waals surface area contributed by atoms with Crippen LogP contribution in [0, 0.1) is 6.92 Å². The average Bonchev–Trinajstić information content (AvgIpc) is 2.73. The summed E-state index contributed by atoms with van der Waals surface area (Å²) < 4.78 is 17.9. The van der Waals surface area contributed by atoms with E-state index in [1.165, 1.54) is 11.8 Å². The van der Waals surface area contributed by atoms with Gasteiger partial charge < -0.3 is 19.3 Å². The number of benzene rings is 2. The molecule has 2 saturated heterocycles. The highest BCUT2D eigenvalue weighted by atomic mass is 32.2. The Kier molecular flexibility index (Phi) is 5.87. The van der Waals surface area contributed by atoms with E-state index in [4.69, 9.17) is 19.7 Å². The van der Waals surface area contributed by atoms with E-state index < -0.39 is 36.1 Å². The van der Waals surface area contributed by atoms with Gasteiger partial charge >= 0.3 is 0 Å². The molecular weight excluding hydrogens is 378 g/mol. The Morgan fingerprint density at radius 3 is 2.57 bits per heavy atom. The third-order valence-corrected chi connectivity index (χ3v) is 6.03. The second-order valence-electron chi connectivity index (χ2n) is 6.84. The number of thioether (sulfide) groups is 1. The van der Waals surface area contributed by atoms with Crippen LogP contribution in [-0.4, -0.2) is 41.5 Å². The molecule has 0 amide bonds. The Balaban J connectivity index is 1.52. The van der Waals surface area contributed by atoms with Crippen molar-refractivity contribution in [3.63, 3.8) is 0 Å². The monoisotopic (exact) mass is 399 g/mol. The Morgan fingerprint density at radius 2 is 1.86 bits per heavy atom. The molecule has 28 heavy (non-hydrogen) atoms. The van der Waals surface area contributed by atoms with Crippen LogP contribution in [0.3, 0.4) is 0 Å². The molecule has 1 unspecified atom stereocenters. The Labute approximate surface area is 167 Å². The molecule has 2 aromatic carbocycles. The van der Waals surface area contributed by atoms with Gasteiger partial charge in [0.1, 0.15) is 23.7 Å². The fourth-order valence-electron chi connectivity index (χ4n) is 3.39. The molecule has 1 N–H and O–H groups in total. The summed E-state index contributed by atoms with van der Waals surface area (Å²) in [6.45, 7) is 2.30. The van der Waals surface area contributed by atoms with E-state index in [9.17, 15) is 5.11 Å². The molecule has 2 fully saturated rings. The number of nitrogens with zero attached hydrogens (tertiary/aromatic N) is 3. The van der Waals surface area contributed by atoms with Crippen LogP contribution in [0.5, 0.6) is 0 Å². The number of ether oxygens (including phenoxy) is 3. The highest BCUT2D eigenvalue weighted by Crippen LogP contribution is 2.40. The number of fused-ring (bicyclic) bond motifs is 1. The number of azide groups is 1. The summed E-state index contributed by atoms with van der Waals surface area (Å²) >= 11 is 1.42. The highest BCUT2D eigenvalue weighted by molar-refractivity contribution is 7.99. The lowest BCUT2D eigenvalue weighted by Gasteiger charge is -2.46. The molecule has 2 aliphatic rings. The number of rotatable bonds is 4. The quantitative estimate of drug-likeness (QED) is 0.477. The van der Waals surface area contributed by atoms with Gasteiger partial charge in [0.05, 0.1) is 12.7 Å². The average molecular weight is 399 g/mol. The first-order valence-corrected chi connectivity index (χ1v) is 9.97. The summed E-state index contributed by atoms with van der Waals surface area (Å²) in [5.41, 5.74) is 10.5. The maximum Gasteiger partial charge on any atom is 0.184 e. The van der Waals surface area contributed by atoms with Crippen LogP contribution in [0.1, 0.15) is 17.4 Å². The maximum absolute atomic E-state index is 10.9. The van der Waals surface area contributed by atoms with Gasteiger partial charge in [-0.2, -0.15) is 0 Å². The van der Waals surface area contributed by atoms with E-state index in [-0.39, 0.29) is 6.61 Å². The largest absolute Gasteiger partial charge is 0.390 e. The summed E-state index contributed by atoms with van der Waals surface area (Å²) in [5.74, 6) is 0. The predicted octanol–water partition coefficient (Wildman–Crippen LogP) is 3.97. The fourth-order valence-corrected chi connectivity index (χ4v) is 4.50. The van der Waals surface area contributed by atoms with Gasteiger partial charge in [-0.3, -0.25) is 0 Å². The van der Waals surface area contributed by atoms with Gasteiger partial charge in [0, 0.05) is 15.4 Å². The van der Waals surface area contributed by atoms with Gasteiger partial charge in [-0.1, -0.05) is 64.9 Å². The minimum Gasteiger partial charge on any atom is -0.390 e. The maximum atomic E-state index is 10.9. The topological polar surface area (TPSA) is 96.7 Å². The van der Waals surface area contributed by atoms with Gasteiger partial charge in [-0.05, 0) is 24.6 Å². The fraction of sp³-hybridized carbons (Fsp3) is 0.400. The van der Waals surface area contributed by atoms with Crippen LogP contribution in [-0.2, 0) is 14.2 Å². The van der Waals surface area contributed by atoms with Crippen molar-refractivity contribution in [3.8, 4) is 0 Å². The number of aryl methyl sites for hydroxylation is 1. The summed E-state index contributed by atoms with van der Waals surface area (Å²) in [5, 5.41) is 14.7. The molecule has 8 heteroatoms. The van der Waals surface area contributed by atoms with E-state index in [2.05, 4.69) is 10.0 Å². The number of hydrogen-bond acceptors (Lipinski definition) is 6. The minimum atomic E-state index is -0.993. The molecule has 0 spiro atoms. The predicted molar refractivity (Wildman–Crippen MR) is 105 cm³/mol. The van der Waals surface area contributed by atoms with E-state index in [0.717, 1.165) is 16.0 Å². The second-order valence-corrected chi connectivity index (χ2v) is 8.01. The van der Waals surface area contributed by atoms with Crippen molar-refractivity contribution in [2.24, 2.45) is 5.11 Å². The van der Waals surface area contributed by atoms with E-state index >= 15 is 0 Å². The third-order valence-electron chi connectivity index (χ3n) is 4.86. The molecule has 0 aromatic heterocycles. The number of aliphatic hydroxyl groups is 1. The molecule has 146 valence electrons. The van der Waals surface area contributed by atoms with Crippen molar-refractivity contribution in [1.82, 2.24) is 0 Å². The van der Waals surface area contributed by atoms with E-state index in [1.807, 2.05) is 61.5 Å². The third kappa shape index (κ3) is 4.03. The zero-order chi connectivity index (χ0) is 19.5. The zero-order valence-electron chi connectivity index (χ0n) is 15.3. The van der Waals surface area contributed by atoms with Crippen LogP contribution < -0.4 is 0 Å². The Hall–Kier alpha value is -2.06. The highest BCUT2D eigenvalue weighted by Gasteiger charge is 2.49. The van der Waals surface area contributed by atoms with E-state index in [0.29, 0.717) is 0 Å². The molecule has 2 aromatic rings. The molecule has 7 nitrogen and oxygen atoms in total. The van der Waals surface area contributed by atoms with Crippen molar-refractivity contribution < 1.29 is 19.3 Å². The molecule has 4 rings (SSSR count). The lowest BCUT2D eigenvalue weighted by atomic mass is 9.97. The Bertz CT molecular complexity index is 844. The molecule has 0 bridgehead atoms. The summed E-state index contributed by atoms with van der Waals surface area (Å²) in [6, 6.07) is 16.7. The number of hydrogen-bond donors (Lipinski definition) is 1. The van der Waals surface area contributed by atoms with Crippen LogP contribution in [0.15, 0.2) is 64.6 Å². The molecule has 0 saturated carbocycles. The van der Waals surface area contributed by atoms with Crippen LogP contribution in [0.4, 0.5) is 0 Å². The normalized spacial score (nSPS) is 32.2. The van der Waals surface area contributed by atoms with Crippen molar-refractivity contribution >= 4 is 11.8 Å². The van der Waals surface area contributed by atoms with Crippen molar-refractivity contribution in [3.05, 3.63) is 76.2 Å². The first-order valence-electron chi connectivity index (χ1n) is 9.09. The zero-order valence-corrected chi connectivity index (χ0v) is 16.1. The SMILES string of the molecule is Cc1ccc(S[C@@H]2O[C@@H]3COC(c4ccccc4)O[C@@H]3[C@H](O)[C@H]2N=[N+]=[N-])cc1. The van der Waals surface area contributed by atoms with E-state index in [1.54, 1.807) is 0 Å². The lowest BCUT2D eigenvalue weighted by Crippen LogP contribution is -2.60. The van der Waals surface area contributed by atoms with Gasteiger partial charge in [0.2, 0.25) is 0 Å². The standard InChI is InChI=1S/C20H21N3O4S/c1-12-7-9-14(10-8-12)28-20-16(22-23-21)17(24)18-15(26-20)11-25-19(27-18)13-5-3-2-4-6-13/h2-10,15-20,24H,11H2,1H3/t15-,16-,17-,18+,19?,20+/m1/s1. The summed E-state index contributed by atoms with van der Waals surface area (Å²) in [7, 11) is 0. The van der Waals surface area contributed by atoms with Gasteiger partial charge in [-0.15, -0.1) is 0 Å². The minimum absolute atomic E-state index is 0.287. The molecule has 2 aliphatic heterocycles. The summed E-state index contributed by atoms with van der Waals surface area (Å²) in [4.78, 5) is 3.89.